The maximum absolute atomic E-state index is 9.03. The number of alkyl halides is 1. The molecule has 5 aromatic rings. The average molecular weight is 1030 g/mol. The average Bonchev–Trinajstić information content (AvgIpc) is 3.21. The van der Waals surface area contributed by atoms with Gasteiger partial charge in [-0.1, -0.05) is 34.5 Å². The van der Waals surface area contributed by atoms with E-state index in [1.807, 2.05) is 30.3 Å². The number of aliphatic hydroxyl groups excluding tert-OH is 1. The zero-order chi connectivity index (χ0) is 48.5. The molecule has 21 heteroatoms. The van der Waals surface area contributed by atoms with Gasteiger partial charge in [-0.2, -0.15) is 21.6 Å². The summed E-state index contributed by atoms with van der Waals surface area (Å²) in [6.45, 7) is 24.2. The molecule has 0 fully saturated rings. The van der Waals surface area contributed by atoms with E-state index in [0.717, 1.165) is 29.3 Å². The van der Waals surface area contributed by atoms with Crippen LogP contribution in [-0.2, 0) is 31.7 Å². The van der Waals surface area contributed by atoms with Crippen molar-refractivity contribution in [2.24, 2.45) is 5.73 Å². The molecule has 0 saturated carbocycles. The van der Waals surface area contributed by atoms with Gasteiger partial charge in [0.2, 0.25) is 16.6 Å². The second kappa shape index (κ2) is 40.1. The van der Waals surface area contributed by atoms with Crippen molar-refractivity contribution in [1.29, 1.82) is 15.8 Å². The van der Waals surface area contributed by atoms with Crippen molar-refractivity contribution in [2.45, 2.75) is 106 Å². The molecule has 0 atom stereocenters. The summed E-state index contributed by atoms with van der Waals surface area (Å²) in [5.41, 5.74) is 8.49. The Balaban J connectivity index is -0.000000227. The minimum atomic E-state index is -1.61. The first-order valence-electron chi connectivity index (χ1n) is 19.2. The van der Waals surface area contributed by atoms with Gasteiger partial charge in [0.15, 0.2) is 0 Å². The van der Waals surface area contributed by atoms with Crippen molar-refractivity contribution in [3.8, 4) is 40.9 Å². The number of aromatic nitrogens is 5. The monoisotopic (exact) mass is 1020 g/mol. The van der Waals surface area contributed by atoms with Gasteiger partial charge in [-0.3, -0.25) is 24.9 Å². The van der Waals surface area contributed by atoms with Crippen LogP contribution in [0.4, 0.5) is 0 Å². The van der Waals surface area contributed by atoms with E-state index < -0.39 is 24.0 Å². The Hall–Kier alpha value is -3.99. The van der Waals surface area contributed by atoms with E-state index in [0.29, 0.717) is 30.0 Å². The molecule has 0 unspecified atom stereocenters. The summed E-state index contributed by atoms with van der Waals surface area (Å²) in [6.07, 6.45) is 9.37. The van der Waals surface area contributed by atoms with Crippen LogP contribution in [0, 0.1) is 34.5 Å². The number of hydrogen-bond acceptors (Lipinski definition) is 15. The first-order valence-corrected chi connectivity index (χ1v) is 31.1. The normalized spacial score (nSPS) is 9.53. The number of aliphatic hydroxyl groups is 1. The van der Waals surface area contributed by atoms with E-state index in [1.165, 1.54) is 18.3 Å². The molecule has 66 heavy (non-hydrogen) atoms. The summed E-state index contributed by atoms with van der Waals surface area (Å²) in [4.78, 5) is 19.7. The molecular formula is C45H68Cl2KN9O6Si3. The van der Waals surface area contributed by atoms with Gasteiger partial charge in [-0.15, -0.1) is 11.6 Å². The Bertz CT molecular complexity index is 2080. The molecule has 5 rings (SSSR count). The Morgan fingerprint density at radius 1 is 0.591 bits per heavy atom. The number of pyridine rings is 5. The van der Waals surface area contributed by atoms with Crippen LogP contribution in [0.15, 0.2) is 91.6 Å². The number of halogens is 2. The van der Waals surface area contributed by atoms with Crippen LogP contribution in [0.3, 0.4) is 0 Å². The van der Waals surface area contributed by atoms with Gasteiger partial charge in [-0.25, -0.2) is 0 Å². The molecule has 15 nitrogen and oxygen atoms in total. The summed E-state index contributed by atoms with van der Waals surface area (Å²) in [6, 6.07) is 21.0. The van der Waals surface area contributed by atoms with Crippen molar-refractivity contribution in [2.75, 3.05) is 6.54 Å². The molecule has 0 amide bonds. The van der Waals surface area contributed by atoms with Crippen LogP contribution in [0.2, 0.25) is 58.9 Å². The fourth-order valence-electron chi connectivity index (χ4n) is 3.95. The fraction of sp³-hybridized carbons (Fsp3) is 0.378. The molecule has 5 aromatic heterocycles. The maximum atomic E-state index is 9.03. The van der Waals surface area contributed by atoms with Gasteiger partial charge in [0.25, 0.3) is 0 Å². The summed E-state index contributed by atoms with van der Waals surface area (Å²) >= 11 is 11.1. The van der Waals surface area contributed by atoms with Crippen molar-refractivity contribution >= 4 is 46.7 Å². The summed E-state index contributed by atoms with van der Waals surface area (Å²) in [5.74, 6) is 2.20. The quantitative estimate of drug-likeness (QED) is 0.0399. The molecule has 5 heterocycles. The van der Waals surface area contributed by atoms with Gasteiger partial charge < -0.3 is 46.8 Å². The molecule has 6 N–H and O–H groups in total. The van der Waals surface area contributed by atoms with Crippen LogP contribution >= 0.6 is 22.7 Å². The zero-order valence-corrected chi connectivity index (χ0v) is 46.1. The van der Waals surface area contributed by atoms with Crippen molar-refractivity contribution < 1.29 is 80.7 Å². The van der Waals surface area contributed by atoms with E-state index >= 15 is 0 Å². The third-order valence-electron chi connectivity index (χ3n) is 6.28. The Kier molecular flexibility index (Phi) is 43.2. The van der Waals surface area contributed by atoms with Gasteiger partial charge in [0.05, 0.1) is 60.2 Å². The van der Waals surface area contributed by atoms with E-state index in [-0.39, 0.29) is 102 Å². The van der Waals surface area contributed by atoms with Gasteiger partial charge in [0.1, 0.15) is 41.8 Å². The second-order valence-electron chi connectivity index (χ2n) is 15.3. The predicted molar refractivity (Wildman–Crippen MR) is 269 cm³/mol. The third-order valence-corrected chi connectivity index (χ3v) is 8.20. The minimum absolute atomic E-state index is 0. The first kappa shape index (κ1) is 71.0. The SMILES string of the molecule is C.C.C[Si](C)(C)Cl.C[Si](C)(C)Oc1cccnc1CC#N.C[Si](C)(C)Oc1cccnc1CCN.N#CCc1ncccc1O.OCc1ncccc1O.Oc1cccnc1CCl.[C-]#N.[K+]. The van der Waals surface area contributed by atoms with Crippen LogP contribution in [-0.4, -0.2) is 75.9 Å². The van der Waals surface area contributed by atoms with Crippen molar-refractivity contribution in [3.63, 3.8) is 0 Å². The number of nitrogens with zero attached hydrogens (tertiary/aromatic N) is 8. The smallest absolute Gasteiger partial charge is 0.543 e. The first-order chi connectivity index (χ1) is 29.6. The predicted octanol–water partition coefficient (Wildman–Crippen LogP) is 7.25. The van der Waals surface area contributed by atoms with Gasteiger partial charge in [0, 0.05) is 37.4 Å². The van der Waals surface area contributed by atoms with Gasteiger partial charge >= 0.3 is 51.4 Å². The molecule has 0 spiro atoms. The Morgan fingerprint density at radius 3 is 1.18 bits per heavy atom. The Morgan fingerprint density at radius 2 is 0.894 bits per heavy atom. The van der Waals surface area contributed by atoms with Crippen LogP contribution in [0.25, 0.3) is 0 Å². The molecule has 0 aliphatic carbocycles. The molecular weight excluding hydrogens is 957 g/mol. The van der Waals surface area contributed by atoms with Crippen LogP contribution < -0.4 is 66.0 Å². The van der Waals surface area contributed by atoms with E-state index in [4.69, 9.17) is 80.0 Å². The number of hydrogen-bond donors (Lipinski definition) is 5. The van der Waals surface area contributed by atoms with Crippen molar-refractivity contribution in [1.82, 2.24) is 24.9 Å². The topological polar surface area (TPSA) is 261 Å². The summed E-state index contributed by atoms with van der Waals surface area (Å²) in [7, 11) is -4.29. The zero-order valence-electron chi connectivity index (χ0n) is 38.4. The van der Waals surface area contributed by atoms with Crippen LogP contribution in [0.1, 0.15) is 43.3 Å². The second-order valence-corrected chi connectivity index (χ2v) is 32.0. The summed E-state index contributed by atoms with van der Waals surface area (Å²) in [5, 5.41) is 58.5. The van der Waals surface area contributed by atoms with E-state index in [2.05, 4.69) is 89.9 Å². The molecule has 0 aliphatic rings. The van der Waals surface area contributed by atoms with Gasteiger partial charge in [-0.05, 0) is 106 Å². The molecule has 356 valence electrons. The molecule has 0 aliphatic heterocycles. The number of nitrogens with two attached hydrogens (primary N) is 1. The molecule has 0 radical (unpaired) electrons. The number of rotatable bonds is 10. The summed E-state index contributed by atoms with van der Waals surface area (Å²) < 4.78 is 11.7. The number of nitriles is 2. The van der Waals surface area contributed by atoms with Crippen molar-refractivity contribution in [3.05, 3.63) is 127 Å². The third kappa shape index (κ3) is 38.1. The Labute approximate surface area is 449 Å². The largest absolute Gasteiger partial charge is 1.00 e. The standard InChI is InChI=1S/C10H18N2OSi.C10H14N2OSi.C7H6N2O.C6H6ClNO.C6H7NO2.C3H9ClSi.CN.2CH4.K/c2*1-14(2,3)13-10-5-4-8-12-9(10)6-7-11;8-4-3-6-7(10)2-1-5-9-6;7-4-5-6(9)2-1-3-8-5;8-4-5-6(9)2-1-3-7-5;1-5(2,3)4;1-2;;;/h4-5,8H,6-7,11H2,1-3H3;4-5,8H,6H2,1-3H3;1-2,5,10H,3H2;1-3,9H,4H2;1-3,8-9H,4H2;1-3H3;;2*1H4;/q;;;;;;-1;;;+1. The minimum Gasteiger partial charge on any atom is -0.543 e. The van der Waals surface area contributed by atoms with E-state index in [9.17, 15) is 0 Å². The molecule has 0 saturated heterocycles. The number of aromatic hydroxyl groups is 3. The maximum Gasteiger partial charge on any atom is 1.00 e. The van der Waals surface area contributed by atoms with Crippen LogP contribution in [0.5, 0.6) is 28.7 Å². The fourth-order valence-corrected chi connectivity index (χ4v) is 5.85. The molecule has 0 aromatic carbocycles. The molecule has 0 bridgehead atoms. The van der Waals surface area contributed by atoms with E-state index in [1.54, 1.807) is 49.1 Å².